The molecule has 0 radical (unpaired) electrons. The SMILES string of the molecule is COc1ccc(C)c(OC)c1.O=CNc1cccc(-c2nc3ncccc3s2)c1. The summed E-state index contributed by atoms with van der Waals surface area (Å²) < 4.78 is 11.2. The third kappa shape index (κ3) is 5.08. The molecule has 1 amide bonds. The van der Waals surface area contributed by atoms with Gasteiger partial charge in [0, 0.05) is 23.5 Å². The third-order valence-corrected chi connectivity index (χ3v) is 5.17. The van der Waals surface area contributed by atoms with E-state index in [1.807, 2.05) is 61.5 Å². The van der Waals surface area contributed by atoms with Gasteiger partial charge in [0.05, 0.1) is 18.9 Å². The molecule has 2 aromatic heterocycles. The smallest absolute Gasteiger partial charge is 0.211 e. The number of pyridine rings is 1. The molecule has 7 heteroatoms. The van der Waals surface area contributed by atoms with Gasteiger partial charge in [-0.05, 0) is 42.8 Å². The number of hydrogen-bond acceptors (Lipinski definition) is 6. The number of carbonyl (C=O) groups excluding carboxylic acids is 1. The van der Waals surface area contributed by atoms with Crippen molar-refractivity contribution in [2.75, 3.05) is 19.5 Å². The number of amides is 1. The second kappa shape index (κ2) is 9.66. The zero-order valence-electron chi connectivity index (χ0n) is 16.4. The van der Waals surface area contributed by atoms with Crippen molar-refractivity contribution in [3.63, 3.8) is 0 Å². The van der Waals surface area contributed by atoms with Gasteiger partial charge in [-0.2, -0.15) is 0 Å². The molecule has 0 saturated carbocycles. The van der Waals surface area contributed by atoms with Crippen molar-refractivity contribution < 1.29 is 14.3 Å². The van der Waals surface area contributed by atoms with Crippen molar-refractivity contribution in [3.05, 3.63) is 66.4 Å². The van der Waals surface area contributed by atoms with Gasteiger partial charge in [0.15, 0.2) is 5.65 Å². The van der Waals surface area contributed by atoms with Crippen LogP contribution in [0.1, 0.15) is 5.56 Å². The van der Waals surface area contributed by atoms with Crippen LogP contribution in [0.2, 0.25) is 0 Å². The van der Waals surface area contributed by atoms with E-state index in [2.05, 4.69) is 15.3 Å². The summed E-state index contributed by atoms with van der Waals surface area (Å²) >= 11 is 1.59. The number of aryl methyl sites for hydroxylation is 1. The number of ether oxygens (including phenoxy) is 2. The Morgan fingerprint density at radius 2 is 1.90 bits per heavy atom. The molecule has 0 fully saturated rings. The molecule has 148 valence electrons. The van der Waals surface area contributed by atoms with Crippen LogP contribution in [0, 0.1) is 6.92 Å². The molecule has 0 bridgehead atoms. The molecule has 0 saturated heterocycles. The lowest BCUT2D eigenvalue weighted by atomic mass is 10.2. The number of hydrogen-bond donors (Lipinski definition) is 1. The fraction of sp³-hybridized carbons (Fsp3) is 0.136. The normalized spacial score (nSPS) is 10.0. The molecular weight excluding hydrogens is 386 g/mol. The van der Waals surface area contributed by atoms with Gasteiger partial charge in [-0.1, -0.05) is 18.2 Å². The highest BCUT2D eigenvalue weighted by molar-refractivity contribution is 7.21. The molecular formula is C22H21N3O3S. The Balaban J connectivity index is 0.000000188. The average Bonchev–Trinajstić information content (AvgIpc) is 3.19. The topological polar surface area (TPSA) is 73.3 Å². The average molecular weight is 407 g/mol. The predicted octanol–water partition coefficient (Wildman–Crippen LogP) is 4.94. The first-order chi connectivity index (χ1) is 14.1. The monoisotopic (exact) mass is 407 g/mol. The maximum absolute atomic E-state index is 10.4. The molecule has 6 nitrogen and oxygen atoms in total. The number of benzene rings is 2. The molecule has 0 unspecified atom stereocenters. The van der Waals surface area contributed by atoms with Crippen molar-refractivity contribution in [1.82, 2.24) is 9.97 Å². The molecule has 1 N–H and O–H groups in total. The number of methoxy groups -OCH3 is 2. The summed E-state index contributed by atoms with van der Waals surface area (Å²) in [4.78, 5) is 19.1. The van der Waals surface area contributed by atoms with Gasteiger partial charge in [-0.25, -0.2) is 9.97 Å². The van der Waals surface area contributed by atoms with Crippen LogP contribution in [0.3, 0.4) is 0 Å². The molecule has 0 atom stereocenters. The summed E-state index contributed by atoms with van der Waals surface area (Å²) in [5.74, 6) is 1.69. The van der Waals surface area contributed by atoms with E-state index in [9.17, 15) is 4.79 Å². The number of carbonyl (C=O) groups is 1. The summed E-state index contributed by atoms with van der Waals surface area (Å²) in [5.41, 5.74) is 3.61. The van der Waals surface area contributed by atoms with E-state index in [4.69, 9.17) is 9.47 Å². The number of aromatic nitrogens is 2. The first kappa shape index (κ1) is 20.3. The molecule has 0 aliphatic carbocycles. The van der Waals surface area contributed by atoms with Gasteiger partial charge < -0.3 is 14.8 Å². The summed E-state index contributed by atoms with van der Waals surface area (Å²) in [6.45, 7) is 2.00. The van der Waals surface area contributed by atoms with Crippen molar-refractivity contribution in [3.8, 4) is 22.1 Å². The van der Waals surface area contributed by atoms with Crippen LogP contribution in [0.15, 0.2) is 60.8 Å². The number of anilines is 1. The maximum atomic E-state index is 10.4. The predicted molar refractivity (Wildman–Crippen MR) is 117 cm³/mol. The molecule has 4 aromatic rings. The largest absolute Gasteiger partial charge is 0.497 e. The maximum Gasteiger partial charge on any atom is 0.211 e. The molecule has 2 heterocycles. The lowest BCUT2D eigenvalue weighted by Gasteiger charge is -2.05. The van der Waals surface area contributed by atoms with Crippen LogP contribution in [-0.2, 0) is 4.79 Å². The number of fused-ring (bicyclic) bond motifs is 1. The van der Waals surface area contributed by atoms with E-state index in [0.29, 0.717) is 6.41 Å². The first-order valence-corrected chi connectivity index (χ1v) is 9.67. The minimum absolute atomic E-state index is 0.666. The van der Waals surface area contributed by atoms with Crippen molar-refractivity contribution in [1.29, 1.82) is 0 Å². The van der Waals surface area contributed by atoms with Gasteiger partial charge in [-0.15, -0.1) is 11.3 Å². The Bertz CT molecular complexity index is 1080. The van der Waals surface area contributed by atoms with Gasteiger partial charge in [0.2, 0.25) is 6.41 Å². The van der Waals surface area contributed by atoms with Gasteiger partial charge in [0.25, 0.3) is 0 Å². The lowest BCUT2D eigenvalue weighted by Crippen LogP contribution is -1.93. The molecule has 2 aromatic carbocycles. The molecule has 29 heavy (non-hydrogen) atoms. The van der Waals surface area contributed by atoms with E-state index in [1.54, 1.807) is 31.8 Å². The van der Waals surface area contributed by atoms with Gasteiger partial charge >= 0.3 is 0 Å². The van der Waals surface area contributed by atoms with E-state index < -0.39 is 0 Å². The summed E-state index contributed by atoms with van der Waals surface area (Å²) in [6.07, 6.45) is 2.40. The fourth-order valence-electron chi connectivity index (χ4n) is 2.63. The number of nitrogens with one attached hydrogen (secondary N) is 1. The second-order valence-electron chi connectivity index (χ2n) is 6.02. The minimum atomic E-state index is 0.666. The minimum Gasteiger partial charge on any atom is -0.497 e. The molecule has 0 aliphatic heterocycles. The highest BCUT2D eigenvalue weighted by Crippen LogP contribution is 2.30. The zero-order chi connectivity index (χ0) is 20.6. The second-order valence-corrected chi connectivity index (χ2v) is 7.05. The quantitative estimate of drug-likeness (QED) is 0.475. The van der Waals surface area contributed by atoms with Crippen molar-refractivity contribution in [2.24, 2.45) is 0 Å². The zero-order valence-corrected chi connectivity index (χ0v) is 17.2. The number of nitrogens with zero attached hydrogens (tertiary/aromatic N) is 2. The van der Waals surface area contributed by atoms with E-state index in [1.165, 1.54) is 0 Å². The molecule has 4 rings (SSSR count). The highest BCUT2D eigenvalue weighted by Gasteiger charge is 2.07. The van der Waals surface area contributed by atoms with E-state index >= 15 is 0 Å². The standard InChI is InChI=1S/C13H9N3OS.C9H12O2/c17-8-15-10-4-1-3-9(7-10)13-16-12-11(18-13)5-2-6-14-12;1-7-4-5-8(10-2)6-9(7)11-3/h1-8H,(H,15,17);4-6H,1-3H3. The Labute approximate surface area is 173 Å². The van der Waals surface area contributed by atoms with Crippen LogP contribution < -0.4 is 14.8 Å². The Hall–Kier alpha value is -3.45. The van der Waals surface area contributed by atoms with Crippen molar-refractivity contribution >= 4 is 33.8 Å². The van der Waals surface area contributed by atoms with Gasteiger partial charge in [0.1, 0.15) is 16.5 Å². The fourth-order valence-corrected chi connectivity index (χ4v) is 3.55. The Morgan fingerprint density at radius 3 is 2.62 bits per heavy atom. The van der Waals surface area contributed by atoms with E-state index in [0.717, 1.165) is 43.7 Å². The molecule has 0 aliphatic rings. The van der Waals surface area contributed by atoms with E-state index in [-0.39, 0.29) is 0 Å². The summed E-state index contributed by atoms with van der Waals surface area (Å²) in [6, 6.07) is 17.2. The van der Waals surface area contributed by atoms with Crippen LogP contribution in [-0.4, -0.2) is 30.6 Å². The first-order valence-electron chi connectivity index (χ1n) is 8.85. The van der Waals surface area contributed by atoms with Crippen LogP contribution >= 0.6 is 11.3 Å². The lowest BCUT2D eigenvalue weighted by molar-refractivity contribution is -0.105. The Kier molecular flexibility index (Phi) is 6.76. The third-order valence-electron chi connectivity index (χ3n) is 4.12. The summed E-state index contributed by atoms with van der Waals surface area (Å²) in [5, 5.41) is 3.53. The number of thiazole rings is 1. The van der Waals surface area contributed by atoms with Crippen LogP contribution in [0.5, 0.6) is 11.5 Å². The van der Waals surface area contributed by atoms with Crippen molar-refractivity contribution in [2.45, 2.75) is 6.92 Å². The number of rotatable bonds is 5. The highest BCUT2D eigenvalue weighted by atomic mass is 32.1. The van der Waals surface area contributed by atoms with Gasteiger partial charge in [-0.3, -0.25) is 4.79 Å². The van der Waals surface area contributed by atoms with Crippen LogP contribution in [0.4, 0.5) is 5.69 Å². The Morgan fingerprint density at radius 1 is 1.03 bits per heavy atom. The summed E-state index contributed by atoms with van der Waals surface area (Å²) in [7, 11) is 3.30. The molecule has 0 spiro atoms. The van der Waals surface area contributed by atoms with Crippen LogP contribution in [0.25, 0.3) is 20.9 Å².